The van der Waals surface area contributed by atoms with Gasteiger partial charge in [-0.15, -0.1) is 12.4 Å². The molecule has 1 aromatic rings. The summed E-state index contributed by atoms with van der Waals surface area (Å²) in [5.41, 5.74) is 0.548. The molecule has 0 radical (unpaired) electrons. The lowest BCUT2D eigenvalue weighted by Gasteiger charge is -2.10. The van der Waals surface area contributed by atoms with E-state index in [-0.39, 0.29) is 37.3 Å². The zero-order valence-corrected chi connectivity index (χ0v) is 14.7. The molecule has 1 aliphatic rings. The molecule has 0 spiro atoms. The molecule has 0 heterocycles. The first-order valence-electron chi connectivity index (χ1n) is 7.61. The zero-order chi connectivity index (χ0) is 16.7. The molecule has 7 nitrogen and oxygen atoms in total. The van der Waals surface area contributed by atoms with Gasteiger partial charge in [0.25, 0.3) is 0 Å². The van der Waals surface area contributed by atoms with Gasteiger partial charge in [0.05, 0.1) is 27.3 Å². The van der Waals surface area contributed by atoms with E-state index in [1.807, 2.05) is 0 Å². The smallest absolute Gasteiger partial charge is 0.243 e. The summed E-state index contributed by atoms with van der Waals surface area (Å²) in [6.07, 6.45) is 2.47. The highest BCUT2D eigenvalue weighted by Crippen LogP contribution is 2.27. The number of rotatable bonds is 9. The summed E-state index contributed by atoms with van der Waals surface area (Å²) >= 11 is 0. The molecule has 1 fully saturated rings. The van der Waals surface area contributed by atoms with Gasteiger partial charge in [-0.25, -0.2) is 0 Å². The summed E-state index contributed by atoms with van der Waals surface area (Å²) < 4.78 is 10.3. The van der Waals surface area contributed by atoms with Crippen molar-refractivity contribution in [2.24, 2.45) is 5.92 Å². The molecule has 2 amide bonds. The molecule has 8 heteroatoms. The first-order valence-corrected chi connectivity index (χ1v) is 7.61. The fourth-order valence-electron chi connectivity index (χ4n) is 2.04. The van der Waals surface area contributed by atoms with Crippen molar-refractivity contribution < 1.29 is 19.1 Å². The van der Waals surface area contributed by atoms with Gasteiger partial charge in [-0.2, -0.15) is 0 Å². The number of carbonyl (C=O) groups excluding carboxylic acids is 2. The lowest BCUT2D eigenvalue weighted by Crippen LogP contribution is -2.38. The molecule has 2 rings (SSSR count). The normalized spacial score (nSPS) is 12.8. The lowest BCUT2D eigenvalue weighted by molar-refractivity contribution is -0.123. The number of hydrogen-bond acceptors (Lipinski definition) is 5. The van der Waals surface area contributed by atoms with Crippen molar-refractivity contribution in [2.45, 2.75) is 12.8 Å². The maximum atomic E-state index is 11.9. The van der Waals surface area contributed by atoms with Gasteiger partial charge in [-0.3, -0.25) is 9.59 Å². The first-order chi connectivity index (χ1) is 11.1. The van der Waals surface area contributed by atoms with E-state index < -0.39 is 0 Å². The van der Waals surface area contributed by atoms with Crippen LogP contribution in [0.3, 0.4) is 0 Å². The fourth-order valence-corrected chi connectivity index (χ4v) is 2.04. The Morgan fingerprint density at radius 1 is 1.04 bits per heavy atom. The number of carbonyl (C=O) groups is 2. The summed E-state index contributed by atoms with van der Waals surface area (Å²) in [4.78, 5) is 23.5. The quantitative estimate of drug-likeness (QED) is 0.617. The number of nitrogens with one attached hydrogen (secondary N) is 3. The second-order valence-corrected chi connectivity index (χ2v) is 5.50. The Balaban J connectivity index is 0.00000288. The van der Waals surface area contributed by atoms with Crippen molar-refractivity contribution in [1.82, 2.24) is 10.6 Å². The number of halogens is 1. The molecular formula is C16H24ClN3O4. The van der Waals surface area contributed by atoms with Crippen molar-refractivity contribution in [3.05, 3.63) is 18.2 Å². The first kappa shape index (κ1) is 20.1. The summed E-state index contributed by atoms with van der Waals surface area (Å²) in [5.74, 6) is 1.37. The Kier molecular flexibility index (Phi) is 8.35. The van der Waals surface area contributed by atoms with Gasteiger partial charge < -0.3 is 25.4 Å². The molecule has 0 unspecified atom stereocenters. The highest BCUT2D eigenvalue weighted by atomic mass is 35.5. The largest absolute Gasteiger partial charge is 0.497 e. The molecule has 0 bridgehead atoms. The Morgan fingerprint density at radius 2 is 1.67 bits per heavy atom. The summed E-state index contributed by atoms with van der Waals surface area (Å²) in [6, 6.07) is 5.07. The van der Waals surface area contributed by atoms with E-state index in [9.17, 15) is 9.59 Å². The van der Waals surface area contributed by atoms with Crippen LogP contribution in [0.15, 0.2) is 18.2 Å². The number of hydrogen-bond donors (Lipinski definition) is 3. The average Bonchev–Trinajstić information content (AvgIpc) is 3.36. The fraction of sp³-hybridized carbons (Fsp3) is 0.500. The molecule has 24 heavy (non-hydrogen) atoms. The van der Waals surface area contributed by atoms with Crippen LogP contribution in [-0.4, -0.2) is 45.7 Å². The predicted octanol–water partition coefficient (Wildman–Crippen LogP) is 1.18. The van der Waals surface area contributed by atoms with Crippen molar-refractivity contribution in [1.29, 1.82) is 0 Å². The Hall–Kier alpha value is -1.99. The average molecular weight is 358 g/mol. The number of ether oxygens (including phenoxy) is 2. The van der Waals surface area contributed by atoms with Gasteiger partial charge in [-0.1, -0.05) is 0 Å². The Morgan fingerprint density at radius 3 is 2.21 bits per heavy atom. The van der Waals surface area contributed by atoms with E-state index in [0.717, 1.165) is 6.54 Å². The van der Waals surface area contributed by atoms with Crippen LogP contribution >= 0.6 is 12.4 Å². The van der Waals surface area contributed by atoms with E-state index in [1.165, 1.54) is 27.1 Å². The third-order valence-corrected chi connectivity index (χ3v) is 3.50. The Bertz CT molecular complexity index is 542. The maximum Gasteiger partial charge on any atom is 0.243 e. The monoisotopic (exact) mass is 357 g/mol. The molecule has 1 aromatic carbocycles. The van der Waals surface area contributed by atoms with Crippen LogP contribution in [0.2, 0.25) is 0 Å². The number of amides is 2. The molecule has 1 saturated carbocycles. The van der Waals surface area contributed by atoms with Crippen LogP contribution in [-0.2, 0) is 9.59 Å². The summed E-state index contributed by atoms with van der Waals surface area (Å²) in [5, 5.41) is 8.35. The van der Waals surface area contributed by atoms with E-state index >= 15 is 0 Å². The molecule has 134 valence electrons. The van der Waals surface area contributed by atoms with E-state index in [4.69, 9.17) is 9.47 Å². The minimum absolute atomic E-state index is 0. The summed E-state index contributed by atoms with van der Waals surface area (Å²) in [6.45, 7) is 1.02. The van der Waals surface area contributed by atoms with Crippen molar-refractivity contribution in [3.63, 3.8) is 0 Å². The van der Waals surface area contributed by atoms with Gasteiger partial charge in [0.2, 0.25) is 11.8 Å². The highest BCUT2D eigenvalue weighted by Gasteiger charge is 2.20. The standard InChI is InChI=1S/C16H23N3O4.ClH/c1-22-13-5-12(6-14(7-13)23-2)19-16(21)10-18-15(20)9-17-8-11-3-4-11;/h5-7,11,17H,3-4,8-10H2,1-2H3,(H,18,20)(H,19,21);1H. The van der Waals surface area contributed by atoms with E-state index in [1.54, 1.807) is 18.2 Å². The number of methoxy groups -OCH3 is 2. The van der Waals surface area contributed by atoms with E-state index in [0.29, 0.717) is 23.1 Å². The van der Waals surface area contributed by atoms with Gasteiger partial charge in [0, 0.05) is 23.9 Å². The Labute approximate surface area is 147 Å². The second kappa shape index (κ2) is 10.00. The SMILES string of the molecule is COc1cc(NC(=O)CNC(=O)CNCC2CC2)cc(OC)c1.Cl. The topological polar surface area (TPSA) is 88.7 Å². The lowest BCUT2D eigenvalue weighted by atomic mass is 10.2. The van der Waals surface area contributed by atoms with Gasteiger partial charge in [0.1, 0.15) is 11.5 Å². The molecule has 0 aliphatic heterocycles. The van der Waals surface area contributed by atoms with Crippen LogP contribution in [0.25, 0.3) is 0 Å². The number of benzene rings is 1. The third-order valence-electron chi connectivity index (χ3n) is 3.50. The van der Waals surface area contributed by atoms with Gasteiger partial charge in [-0.05, 0) is 25.3 Å². The zero-order valence-electron chi connectivity index (χ0n) is 13.9. The van der Waals surface area contributed by atoms with Gasteiger partial charge in [0.15, 0.2) is 0 Å². The van der Waals surface area contributed by atoms with Crippen LogP contribution in [0.4, 0.5) is 5.69 Å². The number of anilines is 1. The van der Waals surface area contributed by atoms with Gasteiger partial charge >= 0.3 is 0 Å². The minimum Gasteiger partial charge on any atom is -0.497 e. The van der Waals surface area contributed by atoms with Crippen LogP contribution in [0.5, 0.6) is 11.5 Å². The molecule has 1 aliphatic carbocycles. The maximum absolute atomic E-state index is 11.9. The molecule has 0 atom stereocenters. The van der Waals surface area contributed by atoms with Crippen LogP contribution in [0, 0.1) is 5.92 Å². The third kappa shape index (κ3) is 7.06. The van der Waals surface area contributed by atoms with Crippen molar-refractivity contribution >= 4 is 29.9 Å². The van der Waals surface area contributed by atoms with Crippen LogP contribution < -0.4 is 25.4 Å². The van der Waals surface area contributed by atoms with Crippen LogP contribution in [0.1, 0.15) is 12.8 Å². The van der Waals surface area contributed by atoms with Crippen molar-refractivity contribution in [3.8, 4) is 11.5 Å². The van der Waals surface area contributed by atoms with Crippen molar-refractivity contribution in [2.75, 3.05) is 39.2 Å². The minimum atomic E-state index is -0.309. The van der Waals surface area contributed by atoms with E-state index in [2.05, 4.69) is 16.0 Å². The second-order valence-electron chi connectivity index (χ2n) is 5.50. The predicted molar refractivity (Wildman–Crippen MR) is 94.0 cm³/mol. The molecule has 0 saturated heterocycles. The molecular weight excluding hydrogens is 334 g/mol. The highest BCUT2D eigenvalue weighted by molar-refractivity contribution is 5.95. The summed E-state index contributed by atoms with van der Waals surface area (Å²) in [7, 11) is 3.07. The molecule has 0 aromatic heterocycles. The molecule has 3 N–H and O–H groups in total.